The predicted molar refractivity (Wildman–Crippen MR) is 236 cm³/mol. The Bertz CT molecular complexity index is 3140. The van der Waals surface area contributed by atoms with Gasteiger partial charge in [0.2, 0.25) is 10.0 Å². The summed E-state index contributed by atoms with van der Waals surface area (Å²) in [6.07, 6.45) is 1.89. The van der Waals surface area contributed by atoms with Gasteiger partial charge in [0.05, 0.1) is 32.7 Å². The number of hydrogen-bond donors (Lipinski definition) is 4. The van der Waals surface area contributed by atoms with E-state index in [4.69, 9.17) is 26.7 Å². The second-order valence-corrected chi connectivity index (χ2v) is 16.9. The lowest BCUT2D eigenvalue weighted by molar-refractivity contribution is 0.0474. The van der Waals surface area contributed by atoms with Crippen molar-refractivity contribution in [1.29, 1.82) is 0 Å². The van der Waals surface area contributed by atoms with Crippen molar-refractivity contribution in [2.75, 3.05) is 0 Å². The van der Waals surface area contributed by atoms with Crippen molar-refractivity contribution in [2.24, 2.45) is 12.2 Å². The van der Waals surface area contributed by atoms with E-state index in [0.717, 1.165) is 80.4 Å². The van der Waals surface area contributed by atoms with Crippen LogP contribution in [-0.4, -0.2) is 49.6 Å². The quantitative estimate of drug-likeness (QED) is 0.112. The number of para-hydroxylation sites is 2. The molecule has 0 radical (unpaired) electrons. The number of nitrogens with two attached hydrogens (primary N) is 1. The van der Waals surface area contributed by atoms with E-state index in [0.29, 0.717) is 23.2 Å². The lowest BCUT2D eigenvalue weighted by Gasteiger charge is -2.25. The maximum absolute atomic E-state index is 12.0. The number of fused-ring (bicyclic) bond motifs is 3. The molecular weight excluding hydrogens is 812 g/mol. The molecule has 308 valence electrons. The number of halogens is 1. The molecule has 12 nitrogen and oxygen atoms in total. The van der Waals surface area contributed by atoms with E-state index in [1.54, 1.807) is 36.4 Å². The number of aryl methyl sites for hydroxylation is 3. The molecule has 0 aliphatic carbocycles. The molecule has 6 aromatic carbocycles. The fourth-order valence-corrected chi connectivity index (χ4v) is 9.00. The van der Waals surface area contributed by atoms with Gasteiger partial charge in [0.15, 0.2) is 5.72 Å². The molecule has 2 aromatic heterocycles. The van der Waals surface area contributed by atoms with Gasteiger partial charge in [-0.05, 0) is 84.1 Å². The highest BCUT2D eigenvalue weighted by atomic mass is 35.5. The van der Waals surface area contributed by atoms with Crippen LogP contribution in [0, 0.1) is 6.92 Å². The maximum atomic E-state index is 12.0. The summed E-state index contributed by atoms with van der Waals surface area (Å²) in [4.78, 5) is 33.4. The number of carbonyl (C=O) groups excluding carboxylic acids is 1. The lowest BCUT2D eigenvalue weighted by Crippen LogP contribution is -2.40. The second kappa shape index (κ2) is 16.1. The van der Waals surface area contributed by atoms with E-state index < -0.39 is 27.6 Å². The SMILES string of the molecule is CCCc1nc2c(C)cc(-c3nc4ccccc4n3C)cc2n1Cc1ccc(-c2ccccc2C(=O)O)cc1.NS(=O)(=O)c1cc(C2(O)NC(=O)c3ccccc32)ccc1Cl. The number of amides is 1. The first kappa shape index (κ1) is 41.1. The summed E-state index contributed by atoms with van der Waals surface area (Å²) in [6, 6.07) is 38.3. The third-order valence-corrected chi connectivity index (χ3v) is 12.3. The monoisotopic (exact) mass is 852 g/mol. The molecule has 5 N–H and O–H groups in total. The molecule has 1 unspecified atom stereocenters. The molecule has 0 bridgehead atoms. The Morgan fingerprint density at radius 1 is 0.852 bits per heavy atom. The molecule has 61 heavy (non-hydrogen) atoms. The van der Waals surface area contributed by atoms with Crippen molar-refractivity contribution in [2.45, 2.75) is 43.9 Å². The van der Waals surface area contributed by atoms with Gasteiger partial charge in [-0.3, -0.25) is 4.79 Å². The summed E-state index contributed by atoms with van der Waals surface area (Å²) in [5, 5.41) is 28.0. The van der Waals surface area contributed by atoms with Gasteiger partial charge in [0.25, 0.3) is 5.91 Å². The normalized spacial score (nSPS) is 14.8. The van der Waals surface area contributed by atoms with Gasteiger partial charge in [0, 0.05) is 42.3 Å². The smallest absolute Gasteiger partial charge is 0.336 e. The molecule has 0 fully saturated rings. The summed E-state index contributed by atoms with van der Waals surface area (Å²) in [7, 11) is -2.00. The lowest BCUT2D eigenvalue weighted by atomic mass is 9.94. The summed E-state index contributed by atoms with van der Waals surface area (Å²) >= 11 is 5.83. The van der Waals surface area contributed by atoms with Crippen LogP contribution < -0.4 is 10.5 Å². The largest absolute Gasteiger partial charge is 0.478 e. The summed E-state index contributed by atoms with van der Waals surface area (Å²) in [5.74, 6) is 0.631. The number of nitrogens with one attached hydrogen (secondary N) is 1. The van der Waals surface area contributed by atoms with Crippen LogP contribution in [0.4, 0.5) is 0 Å². The van der Waals surface area contributed by atoms with Gasteiger partial charge in [-0.25, -0.2) is 28.3 Å². The Kier molecular flexibility index (Phi) is 10.8. The highest BCUT2D eigenvalue weighted by molar-refractivity contribution is 7.89. The van der Waals surface area contributed by atoms with E-state index in [1.807, 2.05) is 42.5 Å². The van der Waals surface area contributed by atoms with Crippen LogP contribution in [0.25, 0.3) is 44.6 Å². The Balaban J connectivity index is 0.000000198. The Labute approximate surface area is 357 Å². The van der Waals surface area contributed by atoms with Crippen molar-refractivity contribution < 1.29 is 28.2 Å². The first-order chi connectivity index (χ1) is 29.2. The number of carboxylic acids is 1. The van der Waals surface area contributed by atoms with Gasteiger partial charge >= 0.3 is 5.97 Å². The van der Waals surface area contributed by atoms with E-state index in [1.165, 1.54) is 12.1 Å². The molecule has 0 spiro atoms. The van der Waals surface area contributed by atoms with Crippen molar-refractivity contribution in [3.8, 4) is 22.5 Å². The minimum Gasteiger partial charge on any atom is -0.478 e. The third kappa shape index (κ3) is 7.68. The summed E-state index contributed by atoms with van der Waals surface area (Å²) in [6.45, 7) is 4.98. The number of imidazole rings is 2. The van der Waals surface area contributed by atoms with Crippen LogP contribution >= 0.6 is 11.6 Å². The number of nitrogens with zero attached hydrogens (tertiary/aromatic N) is 4. The molecule has 1 atom stereocenters. The fraction of sp³-hybridized carbons (Fsp3) is 0.149. The van der Waals surface area contributed by atoms with Gasteiger partial charge in [-0.2, -0.15) is 0 Å². The zero-order chi connectivity index (χ0) is 43.2. The van der Waals surface area contributed by atoms with E-state index in [2.05, 4.69) is 65.7 Å². The summed E-state index contributed by atoms with van der Waals surface area (Å²) < 4.78 is 27.6. The van der Waals surface area contributed by atoms with E-state index in [-0.39, 0.29) is 15.5 Å². The number of aliphatic hydroxyl groups is 1. The average Bonchev–Trinajstić information content (AvgIpc) is 3.86. The molecule has 1 aliphatic rings. The van der Waals surface area contributed by atoms with Crippen molar-refractivity contribution in [1.82, 2.24) is 24.4 Å². The van der Waals surface area contributed by atoms with Crippen LogP contribution in [0.2, 0.25) is 5.02 Å². The van der Waals surface area contributed by atoms with Gasteiger partial charge in [0.1, 0.15) is 16.5 Å². The fourth-order valence-electron chi connectivity index (χ4n) is 7.93. The summed E-state index contributed by atoms with van der Waals surface area (Å²) in [5.41, 5.74) is 8.43. The topological polar surface area (TPSA) is 182 Å². The number of sulfonamides is 1. The Hall–Kier alpha value is -6.64. The Morgan fingerprint density at radius 3 is 2.25 bits per heavy atom. The van der Waals surface area contributed by atoms with Crippen LogP contribution in [-0.2, 0) is 35.8 Å². The molecule has 0 saturated carbocycles. The number of aromatic carboxylic acids is 1. The van der Waals surface area contributed by atoms with Crippen molar-refractivity contribution in [3.63, 3.8) is 0 Å². The minimum atomic E-state index is -4.06. The number of rotatable bonds is 9. The molecular formula is C47H41ClN6O6S. The first-order valence-electron chi connectivity index (χ1n) is 19.5. The van der Waals surface area contributed by atoms with Gasteiger partial charge in [-0.15, -0.1) is 0 Å². The Morgan fingerprint density at radius 2 is 1.54 bits per heavy atom. The maximum Gasteiger partial charge on any atom is 0.336 e. The van der Waals surface area contributed by atoms with Gasteiger partial charge in [-0.1, -0.05) is 97.4 Å². The second-order valence-electron chi connectivity index (χ2n) is 15.0. The number of primary sulfonamides is 1. The van der Waals surface area contributed by atoms with Crippen molar-refractivity contribution >= 4 is 55.6 Å². The zero-order valence-electron chi connectivity index (χ0n) is 33.4. The zero-order valence-corrected chi connectivity index (χ0v) is 35.0. The standard InChI is InChI=1S/C33H30N4O2.C14H11ClN2O4S/c1-4-9-30-35-31-21(2)18-24(32-34-27-12-7-8-13-28(27)36(32)3)19-29(31)37(30)20-22-14-16-23(17-15-22)25-10-5-6-11-26(25)33(38)39;15-11-6-5-8(7-12(11)22(16,20)21)14(19)10-4-2-1-3-9(10)13(18)17-14/h5-8,10-19H,4,9,20H2,1-3H3,(H,38,39);1-7,19H,(H,17,18)(H2,16,20,21). The molecule has 1 amide bonds. The highest BCUT2D eigenvalue weighted by Crippen LogP contribution is 2.37. The van der Waals surface area contributed by atoms with Crippen LogP contribution in [0.1, 0.15) is 62.1 Å². The number of aromatic nitrogens is 4. The highest BCUT2D eigenvalue weighted by Gasteiger charge is 2.43. The molecule has 0 saturated heterocycles. The molecule has 1 aliphatic heterocycles. The number of carbonyl (C=O) groups is 2. The minimum absolute atomic E-state index is 0.0625. The van der Waals surface area contributed by atoms with E-state index >= 15 is 0 Å². The van der Waals surface area contributed by atoms with Crippen molar-refractivity contribution in [3.05, 3.63) is 172 Å². The predicted octanol–water partition coefficient (Wildman–Crippen LogP) is 8.19. The number of benzene rings is 6. The molecule has 8 aromatic rings. The van der Waals surface area contributed by atoms with E-state index in [9.17, 15) is 28.2 Å². The average molecular weight is 853 g/mol. The van der Waals surface area contributed by atoms with Gasteiger partial charge < -0.3 is 24.7 Å². The number of carboxylic acid groups (broad SMARTS) is 1. The molecule has 9 rings (SSSR count). The van der Waals surface area contributed by atoms with Crippen LogP contribution in [0.3, 0.4) is 0 Å². The third-order valence-electron chi connectivity index (χ3n) is 10.9. The molecule has 14 heteroatoms. The number of hydrogen-bond acceptors (Lipinski definition) is 7. The molecule has 3 heterocycles. The first-order valence-corrected chi connectivity index (χ1v) is 21.4. The van der Waals surface area contributed by atoms with Crippen LogP contribution in [0.15, 0.2) is 132 Å². The van der Waals surface area contributed by atoms with Crippen LogP contribution in [0.5, 0.6) is 0 Å².